The maximum Gasteiger partial charge on any atom is 0.221 e. The van der Waals surface area contributed by atoms with Crippen molar-refractivity contribution in [2.45, 2.75) is 18.7 Å². The lowest BCUT2D eigenvalue weighted by molar-refractivity contribution is -0.120. The second-order valence-electron chi connectivity index (χ2n) is 4.98. The van der Waals surface area contributed by atoms with Gasteiger partial charge in [0.1, 0.15) is 11.6 Å². The molecule has 5 heteroatoms. The first-order valence-electron chi connectivity index (χ1n) is 7.40. The molecule has 0 bridgehead atoms. The summed E-state index contributed by atoms with van der Waals surface area (Å²) in [6.45, 7) is 0.445. The van der Waals surface area contributed by atoms with Gasteiger partial charge >= 0.3 is 0 Å². The monoisotopic (exact) mass is 333 g/mol. The zero-order valence-electron chi connectivity index (χ0n) is 13.0. The number of nitrogens with one attached hydrogen (secondary N) is 1. The molecule has 2 rings (SSSR count). The Kier molecular flexibility index (Phi) is 6.94. The molecule has 2 aromatic carbocycles. The summed E-state index contributed by atoms with van der Waals surface area (Å²) < 4.78 is 18.7. The lowest BCUT2D eigenvalue weighted by Crippen LogP contribution is -2.23. The zero-order valence-corrected chi connectivity index (χ0v) is 13.9. The van der Waals surface area contributed by atoms with E-state index in [9.17, 15) is 9.18 Å². The van der Waals surface area contributed by atoms with E-state index in [4.69, 9.17) is 4.74 Å². The van der Waals surface area contributed by atoms with Crippen molar-refractivity contribution in [1.82, 2.24) is 5.32 Å². The van der Waals surface area contributed by atoms with Gasteiger partial charge in [-0.3, -0.25) is 4.79 Å². The summed E-state index contributed by atoms with van der Waals surface area (Å²) in [6.07, 6.45) is 0.411. The van der Waals surface area contributed by atoms with Gasteiger partial charge in [0.15, 0.2) is 0 Å². The molecule has 0 aliphatic rings. The van der Waals surface area contributed by atoms with Crippen LogP contribution in [0.25, 0.3) is 0 Å². The first kappa shape index (κ1) is 17.3. The van der Waals surface area contributed by atoms with E-state index in [2.05, 4.69) is 5.32 Å². The second kappa shape index (κ2) is 9.20. The second-order valence-corrected chi connectivity index (χ2v) is 6.09. The number of hydrogen-bond donors (Lipinski definition) is 1. The van der Waals surface area contributed by atoms with Crippen molar-refractivity contribution in [3.8, 4) is 5.75 Å². The molecule has 0 aliphatic carbocycles. The van der Waals surface area contributed by atoms with Crippen LogP contribution in [-0.2, 0) is 17.1 Å². The predicted molar refractivity (Wildman–Crippen MR) is 92.0 cm³/mol. The fourth-order valence-corrected chi connectivity index (χ4v) is 3.02. The Hall–Kier alpha value is -2.01. The molecule has 0 spiro atoms. The van der Waals surface area contributed by atoms with E-state index in [-0.39, 0.29) is 11.7 Å². The van der Waals surface area contributed by atoms with E-state index in [0.717, 1.165) is 11.3 Å². The molecule has 23 heavy (non-hydrogen) atoms. The molecule has 122 valence electrons. The molecule has 0 radical (unpaired) electrons. The van der Waals surface area contributed by atoms with Crippen LogP contribution in [0.5, 0.6) is 5.75 Å². The van der Waals surface area contributed by atoms with Gasteiger partial charge in [-0.1, -0.05) is 36.4 Å². The normalized spacial score (nSPS) is 10.3. The van der Waals surface area contributed by atoms with Gasteiger partial charge in [0.25, 0.3) is 0 Å². The molecule has 0 aliphatic heterocycles. The zero-order chi connectivity index (χ0) is 16.5. The van der Waals surface area contributed by atoms with Crippen LogP contribution in [0.2, 0.25) is 0 Å². The summed E-state index contributed by atoms with van der Waals surface area (Å²) in [5.74, 6) is 1.79. The van der Waals surface area contributed by atoms with E-state index in [1.165, 1.54) is 6.07 Å². The third kappa shape index (κ3) is 5.60. The fraction of sp³-hybridized carbons (Fsp3) is 0.278. The van der Waals surface area contributed by atoms with Crippen molar-refractivity contribution < 1.29 is 13.9 Å². The minimum Gasteiger partial charge on any atom is -0.496 e. The maximum atomic E-state index is 13.5. The Morgan fingerprint density at radius 1 is 1.13 bits per heavy atom. The molecule has 1 amide bonds. The van der Waals surface area contributed by atoms with Crippen molar-refractivity contribution in [2.75, 3.05) is 12.9 Å². The number of ether oxygens (including phenoxy) is 1. The Morgan fingerprint density at radius 3 is 2.57 bits per heavy atom. The molecular weight excluding hydrogens is 313 g/mol. The minimum absolute atomic E-state index is 0.0167. The number of benzene rings is 2. The van der Waals surface area contributed by atoms with Crippen LogP contribution in [0.4, 0.5) is 4.39 Å². The molecule has 2 aromatic rings. The van der Waals surface area contributed by atoms with Crippen LogP contribution in [0.1, 0.15) is 17.5 Å². The van der Waals surface area contributed by atoms with Crippen LogP contribution in [0.3, 0.4) is 0 Å². The van der Waals surface area contributed by atoms with Gasteiger partial charge in [-0.25, -0.2) is 4.39 Å². The molecule has 0 heterocycles. The third-order valence-corrected chi connectivity index (χ3v) is 4.37. The van der Waals surface area contributed by atoms with Crippen molar-refractivity contribution in [3.63, 3.8) is 0 Å². The molecule has 0 unspecified atom stereocenters. The van der Waals surface area contributed by atoms with Crippen LogP contribution < -0.4 is 10.1 Å². The summed E-state index contributed by atoms with van der Waals surface area (Å²) in [5, 5.41) is 2.88. The van der Waals surface area contributed by atoms with E-state index in [0.29, 0.717) is 30.0 Å². The van der Waals surface area contributed by atoms with Crippen LogP contribution in [0, 0.1) is 5.82 Å². The van der Waals surface area contributed by atoms with Gasteiger partial charge in [0.05, 0.1) is 7.11 Å². The number of halogens is 1. The Morgan fingerprint density at radius 2 is 1.83 bits per heavy atom. The average Bonchev–Trinajstić information content (AvgIpc) is 2.58. The highest BCUT2D eigenvalue weighted by Crippen LogP contribution is 2.17. The minimum atomic E-state index is -0.194. The highest BCUT2D eigenvalue weighted by Gasteiger charge is 2.06. The van der Waals surface area contributed by atoms with Crippen molar-refractivity contribution in [3.05, 3.63) is 65.5 Å². The number of para-hydroxylation sites is 1. The Balaban J connectivity index is 1.68. The van der Waals surface area contributed by atoms with Crippen molar-refractivity contribution in [1.29, 1.82) is 0 Å². The lowest BCUT2D eigenvalue weighted by Gasteiger charge is -2.09. The number of carbonyl (C=O) groups is 1. The number of rotatable bonds is 8. The van der Waals surface area contributed by atoms with Gasteiger partial charge in [0, 0.05) is 30.0 Å². The number of carbonyl (C=O) groups excluding carboxylic acids is 1. The number of amides is 1. The summed E-state index contributed by atoms with van der Waals surface area (Å²) >= 11 is 1.55. The smallest absolute Gasteiger partial charge is 0.221 e. The van der Waals surface area contributed by atoms with E-state index in [1.54, 1.807) is 31.0 Å². The first-order chi connectivity index (χ1) is 11.2. The van der Waals surface area contributed by atoms with Crippen LogP contribution >= 0.6 is 11.8 Å². The highest BCUT2D eigenvalue weighted by molar-refractivity contribution is 7.98. The highest BCUT2D eigenvalue weighted by atomic mass is 32.2. The van der Waals surface area contributed by atoms with Gasteiger partial charge in [0.2, 0.25) is 5.91 Å². The van der Waals surface area contributed by atoms with Crippen molar-refractivity contribution in [2.24, 2.45) is 0 Å². The number of thioether (sulfide) groups is 1. The van der Waals surface area contributed by atoms with E-state index >= 15 is 0 Å². The number of methoxy groups -OCH3 is 1. The first-order valence-corrected chi connectivity index (χ1v) is 8.56. The molecule has 0 saturated heterocycles. The van der Waals surface area contributed by atoms with Crippen LogP contribution in [-0.4, -0.2) is 18.8 Å². The van der Waals surface area contributed by atoms with Crippen LogP contribution in [0.15, 0.2) is 48.5 Å². The Labute approximate surface area is 140 Å². The van der Waals surface area contributed by atoms with E-state index in [1.807, 2.05) is 30.3 Å². The molecule has 0 fully saturated rings. The Bertz CT molecular complexity index is 648. The maximum absolute atomic E-state index is 13.5. The van der Waals surface area contributed by atoms with Gasteiger partial charge in [-0.05, 0) is 17.7 Å². The average molecular weight is 333 g/mol. The fourth-order valence-electron chi connectivity index (χ4n) is 2.09. The summed E-state index contributed by atoms with van der Waals surface area (Å²) in [7, 11) is 1.61. The van der Waals surface area contributed by atoms with Gasteiger partial charge < -0.3 is 10.1 Å². The van der Waals surface area contributed by atoms with E-state index < -0.39 is 0 Å². The summed E-state index contributed by atoms with van der Waals surface area (Å²) in [4.78, 5) is 11.9. The molecule has 1 N–H and O–H groups in total. The molecule has 3 nitrogen and oxygen atoms in total. The molecule has 0 saturated carbocycles. The lowest BCUT2D eigenvalue weighted by atomic mass is 10.2. The topological polar surface area (TPSA) is 38.3 Å². The largest absolute Gasteiger partial charge is 0.496 e. The molecular formula is C18H20FNO2S. The summed E-state index contributed by atoms with van der Waals surface area (Å²) in [5.41, 5.74) is 1.62. The number of hydrogen-bond acceptors (Lipinski definition) is 3. The standard InChI is InChI=1S/C18H20FNO2S/c1-22-17-9-5-3-6-14(17)12-20-18(21)10-11-23-13-15-7-2-4-8-16(15)19/h2-9H,10-13H2,1H3,(H,20,21). The SMILES string of the molecule is COc1ccccc1CNC(=O)CCSCc1ccccc1F. The van der Waals surface area contributed by atoms with Crippen molar-refractivity contribution >= 4 is 17.7 Å². The molecule has 0 atom stereocenters. The third-order valence-electron chi connectivity index (χ3n) is 3.36. The predicted octanol–water partition coefficient (Wildman–Crippen LogP) is 3.77. The summed E-state index contributed by atoms with van der Waals surface area (Å²) in [6, 6.07) is 14.3. The van der Waals surface area contributed by atoms with Gasteiger partial charge in [-0.2, -0.15) is 11.8 Å². The molecule has 0 aromatic heterocycles. The van der Waals surface area contributed by atoms with Gasteiger partial charge in [-0.15, -0.1) is 0 Å². The quantitative estimate of drug-likeness (QED) is 0.747.